The van der Waals surface area contributed by atoms with Crippen LogP contribution in [0.1, 0.15) is 5.56 Å². The Labute approximate surface area is 134 Å². The number of carboxylic acids is 1. The topological polar surface area (TPSA) is 78.9 Å². The maximum Gasteiger partial charge on any atom is 0.310 e. The second-order valence-corrected chi connectivity index (χ2v) is 5.57. The van der Waals surface area contributed by atoms with Crippen molar-refractivity contribution in [2.75, 3.05) is 39.4 Å². The summed E-state index contributed by atoms with van der Waals surface area (Å²) >= 11 is 0. The van der Waals surface area contributed by atoms with Gasteiger partial charge in [0.2, 0.25) is 5.91 Å². The van der Waals surface area contributed by atoms with Gasteiger partial charge in [-0.15, -0.1) is 0 Å². The molecule has 1 amide bonds. The van der Waals surface area contributed by atoms with Gasteiger partial charge in [0.1, 0.15) is 5.82 Å². The Balaban J connectivity index is 1.73. The molecule has 1 aromatic carbocycles. The largest absolute Gasteiger partial charge is 0.481 e. The van der Waals surface area contributed by atoms with Crippen molar-refractivity contribution in [1.82, 2.24) is 10.2 Å². The van der Waals surface area contributed by atoms with E-state index in [9.17, 15) is 14.0 Å². The van der Waals surface area contributed by atoms with Crippen molar-refractivity contribution in [3.63, 3.8) is 0 Å². The van der Waals surface area contributed by atoms with Crippen molar-refractivity contribution in [3.8, 4) is 0 Å². The van der Waals surface area contributed by atoms with Crippen molar-refractivity contribution in [2.45, 2.75) is 6.42 Å². The molecule has 0 spiro atoms. The molecule has 1 unspecified atom stereocenters. The number of hydrogen-bond donors (Lipinski definition) is 2. The van der Waals surface area contributed by atoms with Gasteiger partial charge >= 0.3 is 5.97 Å². The van der Waals surface area contributed by atoms with E-state index in [0.717, 1.165) is 5.56 Å². The number of amides is 1. The lowest BCUT2D eigenvalue weighted by Crippen LogP contribution is -2.41. The Morgan fingerprint density at radius 1 is 1.35 bits per heavy atom. The molecule has 2 rings (SSSR count). The van der Waals surface area contributed by atoms with Gasteiger partial charge in [-0.1, -0.05) is 12.1 Å². The first-order chi connectivity index (χ1) is 11.0. The van der Waals surface area contributed by atoms with E-state index in [1.807, 2.05) is 0 Å². The number of aliphatic carboxylic acids is 1. The molecule has 1 heterocycles. The normalized spacial score (nSPS) is 19.1. The fourth-order valence-corrected chi connectivity index (χ4v) is 2.42. The second kappa shape index (κ2) is 8.59. The Morgan fingerprint density at radius 3 is 2.78 bits per heavy atom. The smallest absolute Gasteiger partial charge is 0.310 e. The van der Waals surface area contributed by atoms with Crippen molar-refractivity contribution < 1.29 is 23.8 Å². The van der Waals surface area contributed by atoms with Crippen LogP contribution in [0.5, 0.6) is 0 Å². The van der Waals surface area contributed by atoms with Crippen LogP contribution >= 0.6 is 0 Å². The highest BCUT2D eigenvalue weighted by molar-refractivity contribution is 5.78. The van der Waals surface area contributed by atoms with E-state index in [2.05, 4.69) is 5.32 Å². The summed E-state index contributed by atoms with van der Waals surface area (Å²) in [5, 5.41) is 11.9. The Morgan fingerprint density at radius 2 is 2.09 bits per heavy atom. The molecule has 1 aromatic rings. The first kappa shape index (κ1) is 17.4. The first-order valence-corrected chi connectivity index (χ1v) is 7.58. The molecule has 126 valence electrons. The molecule has 0 bridgehead atoms. The zero-order valence-corrected chi connectivity index (χ0v) is 12.8. The van der Waals surface area contributed by atoms with Gasteiger partial charge in [-0.2, -0.15) is 0 Å². The molecule has 2 N–H and O–H groups in total. The number of hydrogen-bond acceptors (Lipinski definition) is 4. The minimum atomic E-state index is -0.909. The Kier molecular flexibility index (Phi) is 6.49. The van der Waals surface area contributed by atoms with Gasteiger partial charge in [0, 0.05) is 19.6 Å². The molecule has 1 fully saturated rings. The maximum atomic E-state index is 12.8. The molecule has 1 atom stereocenters. The lowest BCUT2D eigenvalue weighted by atomic mass is 10.1. The summed E-state index contributed by atoms with van der Waals surface area (Å²) in [5.41, 5.74) is 0.945. The molecule has 1 aliphatic rings. The zero-order chi connectivity index (χ0) is 16.7. The summed E-state index contributed by atoms with van der Waals surface area (Å²) in [7, 11) is 0. The Hall–Kier alpha value is -1.99. The molecule has 7 heteroatoms. The van der Waals surface area contributed by atoms with Crippen molar-refractivity contribution in [1.29, 1.82) is 0 Å². The van der Waals surface area contributed by atoms with Gasteiger partial charge in [-0.05, 0) is 24.1 Å². The molecule has 0 aromatic heterocycles. The maximum absolute atomic E-state index is 12.8. The van der Waals surface area contributed by atoms with Crippen LogP contribution in [0.25, 0.3) is 0 Å². The average Bonchev–Trinajstić information content (AvgIpc) is 2.75. The number of nitrogens with one attached hydrogen (secondary N) is 1. The minimum Gasteiger partial charge on any atom is -0.481 e. The van der Waals surface area contributed by atoms with Crippen LogP contribution < -0.4 is 5.32 Å². The summed E-state index contributed by atoms with van der Waals surface area (Å²) in [6.07, 6.45) is 0.618. The van der Waals surface area contributed by atoms with Gasteiger partial charge in [-0.3, -0.25) is 14.5 Å². The summed E-state index contributed by atoms with van der Waals surface area (Å²) in [6, 6.07) is 6.15. The van der Waals surface area contributed by atoms with Gasteiger partial charge in [-0.25, -0.2) is 4.39 Å². The van der Waals surface area contributed by atoms with Crippen LogP contribution in [0, 0.1) is 11.7 Å². The van der Waals surface area contributed by atoms with Gasteiger partial charge in [0.15, 0.2) is 0 Å². The third-order valence-corrected chi connectivity index (χ3v) is 3.72. The second-order valence-electron chi connectivity index (χ2n) is 5.57. The number of carbonyl (C=O) groups excluding carboxylic acids is 1. The molecule has 1 aliphatic heterocycles. The van der Waals surface area contributed by atoms with Gasteiger partial charge < -0.3 is 15.2 Å². The van der Waals surface area contributed by atoms with Gasteiger partial charge in [0.05, 0.1) is 25.7 Å². The first-order valence-electron chi connectivity index (χ1n) is 7.58. The summed E-state index contributed by atoms with van der Waals surface area (Å²) in [5.74, 6) is -1.95. The van der Waals surface area contributed by atoms with Crippen LogP contribution in [0.4, 0.5) is 4.39 Å². The number of benzene rings is 1. The van der Waals surface area contributed by atoms with E-state index in [1.165, 1.54) is 12.1 Å². The summed E-state index contributed by atoms with van der Waals surface area (Å²) < 4.78 is 18.0. The van der Waals surface area contributed by atoms with Crippen molar-refractivity contribution in [3.05, 3.63) is 35.6 Å². The van der Waals surface area contributed by atoms with Crippen LogP contribution in [0.2, 0.25) is 0 Å². The van der Waals surface area contributed by atoms with E-state index in [4.69, 9.17) is 9.84 Å². The lowest BCUT2D eigenvalue weighted by Gasteiger charge is -2.20. The SMILES string of the molecule is O=C(CN1CCOCC(C(=O)O)C1)NCCc1ccc(F)cc1. The van der Waals surface area contributed by atoms with Crippen LogP contribution in [0.15, 0.2) is 24.3 Å². The van der Waals surface area contributed by atoms with Crippen molar-refractivity contribution >= 4 is 11.9 Å². The van der Waals surface area contributed by atoms with Crippen LogP contribution in [-0.4, -0.2) is 61.3 Å². The number of rotatable bonds is 6. The monoisotopic (exact) mass is 324 g/mol. The van der Waals surface area contributed by atoms with Crippen LogP contribution in [0.3, 0.4) is 0 Å². The highest BCUT2D eigenvalue weighted by Gasteiger charge is 2.25. The number of carbonyl (C=O) groups is 2. The van der Waals surface area contributed by atoms with E-state index < -0.39 is 11.9 Å². The van der Waals surface area contributed by atoms with E-state index in [-0.39, 0.29) is 24.9 Å². The highest BCUT2D eigenvalue weighted by Crippen LogP contribution is 2.07. The lowest BCUT2D eigenvalue weighted by molar-refractivity contribution is -0.144. The minimum absolute atomic E-state index is 0.149. The molecule has 1 saturated heterocycles. The zero-order valence-electron chi connectivity index (χ0n) is 12.8. The molecule has 0 saturated carbocycles. The number of ether oxygens (including phenoxy) is 1. The third kappa shape index (κ3) is 5.96. The molecular formula is C16H21FN2O4. The quantitative estimate of drug-likeness (QED) is 0.797. The standard InChI is InChI=1S/C16H21FN2O4/c17-14-3-1-12(2-4-14)5-6-18-15(20)10-19-7-8-23-11-13(9-19)16(21)22/h1-4,13H,5-11H2,(H,18,20)(H,21,22). The molecule has 23 heavy (non-hydrogen) atoms. The number of nitrogens with zero attached hydrogens (tertiary/aromatic N) is 1. The Bertz CT molecular complexity index is 535. The van der Waals surface area contributed by atoms with Crippen molar-refractivity contribution in [2.24, 2.45) is 5.92 Å². The highest BCUT2D eigenvalue weighted by atomic mass is 19.1. The summed E-state index contributed by atoms with van der Waals surface area (Å²) in [4.78, 5) is 24.8. The summed E-state index contributed by atoms with van der Waals surface area (Å²) in [6.45, 7) is 2.05. The predicted octanol–water partition coefficient (Wildman–Crippen LogP) is 0.517. The van der Waals surface area contributed by atoms with Crippen LogP contribution in [-0.2, 0) is 20.7 Å². The van der Waals surface area contributed by atoms with E-state index >= 15 is 0 Å². The molecular weight excluding hydrogens is 303 g/mol. The number of carboxylic acid groups (broad SMARTS) is 1. The van der Waals surface area contributed by atoms with Gasteiger partial charge in [0.25, 0.3) is 0 Å². The van der Waals surface area contributed by atoms with E-state index in [0.29, 0.717) is 32.7 Å². The third-order valence-electron chi connectivity index (χ3n) is 3.72. The number of halogens is 1. The fraction of sp³-hybridized carbons (Fsp3) is 0.500. The molecule has 6 nitrogen and oxygen atoms in total. The molecule has 0 radical (unpaired) electrons. The average molecular weight is 324 g/mol. The van der Waals surface area contributed by atoms with E-state index in [1.54, 1.807) is 17.0 Å². The fourth-order valence-electron chi connectivity index (χ4n) is 2.42. The molecule has 0 aliphatic carbocycles. The predicted molar refractivity (Wildman–Crippen MR) is 81.5 cm³/mol.